The van der Waals surface area contributed by atoms with Gasteiger partial charge in [0.15, 0.2) is 6.61 Å². The summed E-state index contributed by atoms with van der Waals surface area (Å²) in [6.45, 7) is 1.07. The molecule has 0 bridgehead atoms. The first-order chi connectivity index (χ1) is 14.4. The second-order valence-corrected chi connectivity index (χ2v) is 8.94. The van der Waals surface area contributed by atoms with Crippen molar-refractivity contribution in [2.24, 2.45) is 0 Å². The summed E-state index contributed by atoms with van der Waals surface area (Å²) in [4.78, 5) is 26.5. The summed E-state index contributed by atoms with van der Waals surface area (Å²) in [6, 6.07) is 8.46. The zero-order chi connectivity index (χ0) is 21.6. The van der Waals surface area contributed by atoms with Crippen LogP contribution in [0.2, 0.25) is 5.02 Å². The third kappa shape index (κ3) is 5.82. The van der Waals surface area contributed by atoms with E-state index in [9.17, 15) is 18.0 Å². The van der Waals surface area contributed by atoms with E-state index in [1.165, 1.54) is 16.6 Å². The summed E-state index contributed by atoms with van der Waals surface area (Å²) in [5, 5.41) is 3.29. The van der Waals surface area contributed by atoms with Crippen LogP contribution in [0.5, 0.6) is 0 Å². The summed E-state index contributed by atoms with van der Waals surface area (Å²) < 4.78 is 36.5. The molecule has 0 unspecified atom stereocenters. The number of benzene rings is 1. The van der Waals surface area contributed by atoms with Crippen LogP contribution in [0.25, 0.3) is 0 Å². The lowest BCUT2D eigenvalue weighted by molar-refractivity contribution is -0.124. The highest BCUT2D eigenvalue weighted by Crippen LogP contribution is 2.18. The Kier molecular flexibility index (Phi) is 7.48. The van der Waals surface area contributed by atoms with E-state index in [0.29, 0.717) is 31.2 Å². The predicted molar refractivity (Wildman–Crippen MR) is 109 cm³/mol. The largest absolute Gasteiger partial charge is 0.451 e. The van der Waals surface area contributed by atoms with Crippen molar-refractivity contribution in [3.8, 4) is 0 Å². The summed E-state index contributed by atoms with van der Waals surface area (Å²) in [6.07, 6.45) is 1.84. The van der Waals surface area contributed by atoms with E-state index in [4.69, 9.17) is 21.1 Å². The fourth-order valence-electron chi connectivity index (χ4n) is 2.83. The summed E-state index contributed by atoms with van der Waals surface area (Å²) in [5.41, 5.74) is 0.966. The van der Waals surface area contributed by atoms with Crippen LogP contribution < -0.4 is 5.32 Å². The highest BCUT2D eigenvalue weighted by Gasteiger charge is 2.28. The molecule has 0 radical (unpaired) electrons. The molecule has 9 nitrogen and oxygen atoms in total. The van der Waals surface area contributed by atoms with Gasteiger partial charge in [0.1, 0.15) is 10.6 Å². The number of H-pyrrole nitrogens is 1. The molecule has 3 rings (SSSR count). The van der Waals surface area contributed by atoms with E-state index < -0.39 is 28.5 Å². The van der Waals surface area contributed by atoms with Gasteiger partial charge in [-0.05, 0) is 30.2 Å². The number of carbonyl (C=O) groups is 2. The van der Waals surface area contributed by atoms with Crippen LogP contribution >= 0.6 is 11.6 Å². The smallest absolute Gasteiger partial charge is 0.355 e. The molecule has 2 heterocycles. The van der Waals surface area contributed by atoms with Crippen molar-refractivity contribution in [3.05, 3.63) is 52.8 Å². The number of aromatic amines is 1. The number of rotatable bonds is 8. The maximum absolute atomic E-state index is 12.6. The van der Waals surface area contributed by atoms with E-state index in [2.05, 4.69) is 10.3 Å². The molecule has 1 fully saturated rings. The van der Waals surface area contributed by atoms with E-state index >= 15 is 0 Å². The Bertz CT molecular complexity index is 984. The van der Waals surface area contributed by atoms with Gasteiger partial charge in [-0.3, -0.25) is 4.79 Å². The Labute approximate surface area is 179 Å². The molecule has 0 spiro atoms. The van der Waals surface area contributed by atoms with Gasteiger partial charge in [-0.15, -0.1) is 0 Å². The Balaban J connectivity index is 1.45. The number of carbonyl (C=O) groups excluding carboxylic acids is 2. The molecule has 1 amide bonds. The van der Waals surface area contributed by atoms with Gasteiger partial charge in [0.2, 0.25) is 10.0 Å². The normalized spacial score (nSPS) is 15.0. The number of sulfonamides is 1. The van der Waals surface area contributed by atoms with Crippen LogP contribution in [-0.4, -0.2) is 69.0 Å². The zero-order valence-electron chi connectivity index (χ0n) is 16.1. The second-order valence-electron chi connectivity index (χ2n) is 6.57. The number of nitrogens with zero attached hydrogens (tertiary/aromatic N) is 1. The molecule has 1 aromatic carbocycles. The van der Waals surface area contributed by atoms with Crippen molar-refractivity contribution in [2.75, 3.05) is 39.5 Å². The van der Waals surface area contributed by atoms with Crippen molar-refractivity contribution in [3.63, 3.8) is 0 Å². The Hall–Kier alpha value is -2.40. The number of esters is 1. The summed E-state index contributed by atoms with van der Waals surface area (Å²) in [5.74, 6) is -1.27. The fraction of sp³-hybridized carbons (Fsp3) is 0.368. The minimum atomic E-state index is -3.72. The molecule has 0 atom stereocenters. The number of morpholine rings is 1. The highest BCUT2D eigenvalue weighted by molar-refractivity contribution is 7.89. The highest BCUT2D eigenvalue weighted by atomic mass is 35.5. The third-order valence-corrected chi connectivity index (χ3v) is 6.60. The quantitative estimate of drug-likeness (QED) is 0.577. The molecule has 1 aliphatic heterocycles. The first-order valence-electron chi connectivity index (χ1n) is 9.31. The molecular weight excluding hydrogens is 434 g/mol. The van der Waals surface area contributed by atoms with Crippen LogP contribution in [0.4, 0.5) is 0 Å². The Morgan fingerprint density at radius 2 is 1.90 bits per heavy atom. The third-order valence-electron chi connectivity index (χ3n) is 4.47. The molecule has 11 heteroatoms. The number of hydrogen-bond acceptors (Lipinski definition) is 6. The average Bonchev–Trinajstić information content (AvgIpc) is 3.25. The number of ether oxygens (including phenoxy) is 2. The van der Waals surface area contributed by atoms with Crippen molar-refractivity contribution in [2.45, 2.75) is 11.3 Å². The standard InChI is InChI=1S/C19H22ClN3O6S/c20-15-3-1-14(2-4-15)5-6-21-18(24)13-29-19(25)17-11-16(12-22-17)30(26,27)23-7-9-28-10-8-23/h1-4,11-12,22H,5-10,13H2,(H,21,24). The Morgan fingerprint density at radius 1 is 1.20 bits per heavy atom. The molecule has 0 aliphatic carbocycles. The van der Waals surface area contributed by atoms with Crippen molar-refractivity contribution >= 4 is 33.5 Å². The van der Waals surface area contributed by atoms with Gasteiger partial charge in [0.05, 0.1) is 13.2 Å². The van der Waals surface area contributed by atoms with Gasteiger partial charge in [-0.2, -0.15) is 4.31 Å². The van der Waals surface area contributed by atoms with Crippen molar-refractivity contribution < 1.29 is 27.5 Å². The van der Waals surface area contributed by atoms with Crippen LogP contribution in [0.1, 0.15) is 16.1 Å². The molecular formula is C19H22ClN3O6S. The SMILES string of the molecule is O=C(COC(=O)c1cc(S(=O)(=O)N2CCOCC2)c[nH]1)NCCc1ccc(Cl)cc1. The zero-order valence-corrected chi connectivity index (χ0v) is 17.7. The van der Waals surface area contributed by atoms with Gasteiger partial charge in [-0.25, -0.2) is 13.2 Å². The summed E-state index contributed by atoms with van der Waals surface area (Å²) >= 11 is 5.82. The van der Waals surface area contributed by atoms with Crippen LogP contribution in [0.3, 0.4) is 0 Å². The number of hydrogen-bond donors (Lipinski definition) is 2. The molecule has 2 N–H and O–H groups in total. The van der Waals surface area contributed by atoms with Crippen LogP contribution in [0, 0.1) is 0 Å². The van der Waals surface area contributed by atoms with Gasteiger partial charge < -0.3 is 19.8 Å². The first-order valence-corrected chi connectivity index (χ1v) is 11.1. The van der Waals surface area contributed by atoms with Crippen LogP contribution in [-0.2, 0) is 30.7 Å². The van der Waals surface area contributed by atoms with Gasteiger partial charge in [0.25, 0.3) is 5.91 Å². The average molecular weight is 456 g/mol. The lowest BCUT2D eigenvalue weighted by Crippen LogP contribution is -2.40. The summed E-state index contributed by atoms with van der Waals surface area (Å²) in [7, 11) is -3.72. The fourth-order valence-corrected chi connectivity index (χ4v) is 4.36. The molecule has 1 aromatic heterocycles. The second kappa shape index (κ2) is 10.1. The lowest BCUT2D eigenvalue weighted by Gasteiger charge is -2.25. The number of halogens is 1. The Morgan fingerprint density at radius 3 is 2.60 bits per heavy atom. The first kappa shape index (κ1) is 22.3. The van der Waals surface area contributed by atoms with Crippen molar-refractivity contribution in [1.29, 1.82) is 0 Å². The molecule has 1 saturated heterocycles. The molecule has 2 aromatic rings. The van der Waals surface area contributed by atoms with Gasteiger partial charge >= 0.3 is 5.97 Å². The van der Waals surface area contributed by atoms with E-state index in [-0.39, 0.29) is 23.7 Å². The maximum atomic E-state index is 12.6. The lowest BCUT2D eigenvalue weighted by atomic mass is 10.1. The van der Waals surface area contributed by atoms with E-state index in [1.54, 1.807) is 12.1 Å². The number of aromatic nitrogens is 1. The molecule has 30 heavy (non-hydrogen) atoms. The van der Waals surface area contributed by atoms with Crippen LogP contribution in [0.15, 0.2) is 41.4 Å². The number of nitrogens with one attached hydrogen (secondary N) is 2. The maximum Gasteiger partial charge on any atom is 0.355 e. The van der Waals surface area contributed by atoms with E-state index in [0.717, 1.165) is 5.56 Å². The predicted octanol–water partition coefficient (Wildman–Crippen LogP) is 1.20. The monoisotopic (exact) mass is 455 g/mol. The van der Waals surface area contributed by atoms with Gasteiger partial charge in [-0.1, -0.05) is 23.7 Å². The van der Waals surface area contributed by atoms with Crippen molar-refractivity contribution in [1.82, 2.24) is 14.6 Å². The topological polar surface area (TPSA) is 118 Å². The molecule has 162 valence electrons. The minimum Gasteiger partial charge on any atom is -0.451 e. The number of amides is 1. The molecule has 0 saturated carbocycles. The minimum absolute atomic E-state index is 0.0382. The molecule has 1 aliphatic rings. The van der Waals surface area contributed by atoms with E-state index in [1.807, 2.05) is 12.1 Å². The van der Waals surface area contributed by atoms with Gasteiger partial charge in [0, 0.05) is 30.9 Å².